The second kappa shape index (κ2) is 7.93. The summed E-state index contributed by atoms with van der Waals surface area (Å²) in [6.07, 6.45) is 5.05. The van der Waals surface area contributed by atoms with Gasteiger partial charge in [-0.1, -0.05) is 35.9 Å². The molecular formula is C19H19ClN3O2S. The van der Waals surface area contributed by atoms with E-state index in [0.29, 0.717) is 12.5 Å². The summed E-state index contributed by atoms with van der Waals surface area (Å²) in [7, 11) is -3.03. The normalized spacial score (nSPS) is 14.2. The van der Waals surface area contributed by atoms with Crippen molar-refractivity contribution in [3.05, 3.63) is 76.5 Å². The van der Waals surface area contributed by atoms with Crippen LogP contribution in [0.25, 0.3) is 0 Å². The van der Waals surface area contributed by atoms with E-state index in [2.05, 4.69) is 21.8 Å². The van der Waals surface area contributed by atoms with E-state index in [4.69, 9.17) is 11.6 Å². The van der Waals surface area contributed by atoms with E-state index >= 15 is 0 Å². The quantitative estimate of drug-likeness (QED) is 0.825. The minimum Gasteiger partial charge on any atom is -0.352 e. The van der Waals surface area contributed by atoms with Crippen molar-refractivity contribution in [1.82, 2.24) is 5.32 Å². The zero-order valence-corrected chi connectivity index (χ0v) is 15.9. The molecule has 2 aromatic carbocycles. The third kappa shape index (κ3) is 5.61. The molecule has 1 radical (unpaired) electrons. The van der Waals surface area contributed by atoms with Gasteiger partial charge in [-0.2, -0.15) is 0 Å². The largest absolute Gasteiger partial charge is 0.352 e. The molecule has 0 saturated carbocycles. The Morgan fingerprint density at radius 2 is 1.77 bits per heavy atom. The van der Waals surface area contributed by atoms with Gasteiger partial charge in [0.2, 0.25) is 5.96 Å². The Bertz CT molecular complexity index is 934. The van der Waals surface area contributed by atoms with E-state index in [1.54, 1.807) is 12.1 Å². The van der Waals surface area contributed by atoms with Gasteiger partial charge in [0.05, 0.1) is 12.0 Å². The fourth-order valence-electron chi connectivity index (χ4n) is 2.55. The van der Waals surface area contributed by atoms with Crippen LogP contribution < -0.4 is 10.6 Å². The minimum absolute atomic E-state index is 0.0387. The topological polar surface area (TPSA) is 70.6 Å². The van der Waals surface area contributed by atoms with Crippen LogP contribution in [0, 0.1) is 6.20 Å². The Morgan fingerprint density at radius 3 is 2.35 bits per heavy atom. The molecule has 0 spiro atoms. The van der Waals surface area contributed by atoms with Gasteiger partial charge in [0.15, 0.2) is 9.84 Å². The van der Waals surface area contributed by atoms with Crippen LogP contribution in [0.2, 0.25) is 5.02 Å². The zero-order valence-electron chi connectivity index (χ0n) is 14.3. The Balaban J connectivity index is 1.60. The average Bonchev–Trinajstić information content (AvgIpc) is 2.59. The van der Waals surface area contributed by atoms with Gasteiger partial charge < -0.3 is 10.6 Å². The molecule has 2 aromatic rings. The minimum atomic E-state index is -3.03. The Labute approximate surface area is 158 Å². The fraction of sp³-hybridized carbons (Fsp3) is 0.211. The molecule has 2 N–H and O–H groups in total. The first-order valence-corrected chi connectivity index (χ1v) is 10.5. The van der Waals surface area contributed by atoms with Gasteiger partial charge in [-0.3, -0.25) is 0 Å². The summed E-state index contributed by atoms with van der Waals surface area (Å²) in [6.45, 7) is 0.653. The van der Waals surface area contributed by atoms with Crippen LogP contribution in [0.4, 0.5) is 5.69 Å². The summed E-state index contributed by atoms with van der Waals surface area (Å²) in [5.74, 6) is 0.651. The smallest absolute Gasteiger partial charge is 0.201 e. The maximum Gasteiger partial charge on any atom is 0.201 e. The van der Waals surface area contributed by atoms with Crippen molar-refractivity contribution in [2.75, 3.05) is 18.1 Å². The molecule has 3 rings (SSSR count). The Kier molecular flexibility index (Phi) is 5.64. The van der Waals surface area contributed by atoms with Crippen molar-refractivity contribution in [3.8, 4) is 0 Å². The number of guanidine groups is 1. The monoisotopic (exact) mass is 388 g/mol. The second-order valence-electron chi connectivity index (χ2n) is 6.22. The SMILES string of the molecule is CS(=O)(=O)Cc1ccc(NC2=N[C]=C(Cc3ccc(Cl)cc3)CN2)cc1. The number of nitrogens with one attached hydrogen (secondary N) is 2. The molecule has 0 amide bonds. The molecule has 0 unspecified atom stereocenters. The van der Waals surface area contributed by atoms with E-state index in [0.717, 1.165) is 33.8 Å². The molecule has 1 aliphatic rings. The number of sulfone groups is 1. The molecule has 7 heteroatoms. The Morgan fingerprint density at radius 1 is 1.12 bits per heavy atom. The van der Waals surface area contributed by atoms with Crippen LogP contribution in [-0.4, -0.2) is 27.2 Å². The molecule has 0 bridgehead atoms. The van der Waals surface area contributed by atoms with Gasteiger partial charge in [0.1, 0.15) is 0 Å². The van der Waals surface area contributed by atoms with Crippen LogP contribution in [0.1, 0.15) is 11.1 Å². The summed E-state index contributed by atoms with van der Waals surface area (Å²) < 4.78 is 22.6. The fourth-order valence-corrected chi connectivity index (χ4v) is 3.47. The van der Waals surface area contributed by atoms with Gasteiger partial charge in [-0.25, -0.2) is 13.4 Å². The highest BCUT2D eigenvalue weighted by molar-refractivity contribution is 7.89. The first-order chi connectivity index (χ1) is 12.4. The maximum atomic E-state index is 11.3. The van der Waals surface area contributed by atoms with E-state index in [1.807, 2.05) is 36.4 Å². The van der Waals surface area contributed by atoms with Gasteiger partial charge in [0.25, 0.3) is 0 Å². The molecule has 135 valence electrons. The lowest BCUT2D eigenvalue weighted by Crippen LogP contribution is -2.34. The molecule has 26 heavy (non-hydrogen) atoms. The lowest BCUT2D eigenvalue weighted by Gasteiger charge is -2.17. The van der Waals surface area contributed by atoms with Gasteiger partial charge in [-0.05, 0) is 47.4 Å². The van der Waals surface area contributed by atoms with Crippen molar-refractivity contribution in [3.63, 3.8) is 0 Å². The standard InChI is InChI=1S/C19H19ClN3O2S/c1-26(24,25)13-15-4-8-18(9-5-15)23-19-21-11-16(12-22-19)10-14-2-6-17(20)7-3-14/h2-9H,10-11,13H2,1H3,(H2,21,22,23). The van der Waals surface area contributed by atoms with Gasteiger partial charge >= 0.3 is 0 Å². The van der Waals surface area contributed by atoms with Crippen LogP contribution in [0.15, 0.2) is 59.1 Å². The van der Waals surface area contributed by atoms with E-state index in [9.17, 15) is 8.42 Å². The first kappa shape index (κ1) is 18.5. The molecule has 0 aromatic heterocycles. The molecule has 1 aliphatic heterocycles. The molecule has 0 saturated heterocycles. The lowest BCUT2D eigenvalue weighted by atomic mass is 10.1. The van der Waals surface area contributed by atoms with Gasteiger partial charge in [0, 0.05) is 23.5 Å². The van der Waals surface area contributed by atoms with Crippen molar-refractivity contribution in [2.45, 2.75) is 12.2 Å². The summed E-state index contributed by atoms with van der Waals surface area (Å²) in [4.78, 5) is 4.29. The number of rotatable bonds is 5. The summed E-state index contributed by atoms with van der Waals surface area (Å²) >= 11 is 5.90. The number of benzene rings is 2. The van der Waals surface area contributed by atoms with Crippen molar-refractivity contribution in [1.29, 1.82) is 0 Å². The summed E-state index contributed by atoms with van der Waals surface area (Å²) in [5, 5.41) is 7.10. The van der Waals surface area contributed by atoms with Crippen LogP contribution in [-0.2, 0) is 22.0 Å². The number of aliphatic imine (C=N–C) groups is 1. The number of anilines is 1. The predicted octanol–water partition coefficient (Wildman–Crippen LogP) is 3.19. The maximum absolute atomic E-state index is 11.3. The highest BCUT2D eigenvalue weighted by Crippen LogP contribution is 2.15. The van der Waals surface area contributed by atoms with Crippen molar-refractivity contribution in [2.24, 2.45) is 4.99 Å². The second-order valence-corrected chi connectivity index (χ2v) is 8.80. The zero-order chi connectivity index (χ0) is 18.6. The molecule has 1 heterocycles. The molecule has 0 atom stereocenters. The lowest BCUT2D eigenvalue weighted by molar-refractivity contribution is 0.601. The third-order valence-electron chi connectivity index (χ3n) is 3.77. The van der Waals surface area contributed by atoms with Crippen LogP contribution in [0.3, 0.4) is 0 Å². The molecule has 0 aliphatic carbocycles. The number of halogens is 1. The van der Waals surface area contributed by atoms with Crippen LogP contribution in [0.5, 0.6) is 0 Å². The number of nitrogens with zero attached hydrogens (tertiary/aromatic N) is 1. The van der Waals surface area contributed by atoms with Crippen LogP contribution >= 0.6 is 11.6 Å². The number of hydrogen-bond acceptors (Lipinski definition) is 5. The predicted molar refractivity (Wildman–Crippen MR) is 106 cm³/mol. The third-order valence-corrected chi connectivity index (χ3v) is 4.88. The van der Waals surface area contributed by atoms with Crippen molar-refractivity contribution >= 4 is 33.1 Å². The van der Waals surface area contributed by atoms with E-state index in [1.165, 1.54) is 6.26 Å². The Hall–Kier alpha value is -2.31. The number of hydrogen-bond donors (Lipinski definition) is 2. The summed E-state index contributed by atoms with van der Waals surface area (Å²) in [5.41, 5.74) is 3.80. The van der Waals surface area contributed by atoms with Gasteiger partial charge in [-0.15, -0.1) is 0 Å². The van der Waals surface area contributed by atoms with Crippen molar-refractivity contribution < 1.29 is 8.42 Å². The van der Waals surface area contributed by atoms with E-state index in [-0.39, 0.29) is 5.75 Å². The van der Waals surface area contributed by atoms with E-state index < -0.39 is 9.84 Å². The molecular weight excluding hydrogens is 370 g/mol. The highest BCUT2D eigenvalue weighted by Gasteiger charge is 2.09. The summed E-state index contributed by atoms with van der Waals surface area (Å²) in [6, 6.07) is 15.0. The average molecular weight is 389 g/mol. The highest BCUT2D eigenvalue weighted by atomic mass is 35.5. The molecule has 5 nitrogen and oxygen atoms in total. The first-order valence-electron chi connectivity index (χ1n) is 8.08. The molecule has 0 fully saturated rings.